The molecule has 3 fully saturated rings. The summed E-state index contributed by atoms with van der Waals surface area (Å²) in [5.74, 6) is 0.802. The quantitative estimate of drug-likeness (QED) is 0.333. The molecule has 47 heavy (non-hydrogen) atoms. The topological polar surface area (TPSA) is 143 Å². The number of phenolic OH excluding ortho intramolecular Hbond substituents is 1. The van der Waals surface area contributed by atoms with Crippen molar-refractivity contribution in [2.45, 2.75) is 82.6 Å². The molecule has 0 saturated carbocycles. The van der Waals surface area contributed by atoms with Gasteiger partial charge in [-0.1, -0.05) is 30.3 Å². The number of aliphatic hydroxyl groups is 1. The number of para-hydroxylation sites is 1. The molecule has 5 rings (SSSR count). The molecule has 0 radical (unpaired) electrons. The van der Waals surface area contributed by atoms with Crippen LogP contribution in [0.4, 0.5) is 0 Å². The Balaban J connectivity index is 1.26. The number of phenols is 1. The fraction of sp³-hybridized carbons (Fsp3) is 0.583. The van der Waals surface area contributed by atoms with E-state index in [2.05, 4.69) is 31.8 Å². The third kappa shape index (κ3) is 9.68. The minimum atomic E-state index is -1.05. The van der Waals surface area contributed by atoms with E-state index in [0.717, 1.165) is 42.9 Å². The number of fused-ring (bicyclic) bond motifs is 1. The van der Waals surface area contributed by atoms with Crippen molar-refractivity contribution in [3.63, 3.8) is 0 Å². The number of aromatic hydroxyl groups is 1. The van der Waals surface area contributed by atoms with Gasteiger partial charge in [-0.05, 0) is 74.8 Å². The third-order valence-corrected chi connectivity index (χ3v) is 10.3. The monoisotopic (exact) mass is 649 g/mol. The minimum Gasteiger partial charge on any atom is -0.508 e. The van der Waals surface area contributed by atoms with Gasteiger partial charge in [0.05, 0.1) is 31.2 Å². The number of nitrogens with zero attached hydrogens (tertiary/aromatic N) is 2. The first kappa shape index (κ1) is 34.7. The lowest BCUT2D eigenvalue weighted by Gasteiger charge is -2.42. The first-order chi connectivity index (χ1) is 22.6. The van der Waals surface area contributed by atoms with E-state index < -0.39 is 17.7 Å². The zero-order valence-electron chi connectivity index (χ0n) is 27.7. The number of rotatable bonds is 5. The number of piperidine rings is 2. The number of likely N-dealkylation sites (tertiary alicyclic amines) is 2. The number of hydrogen-bond donors (Lipinski definition) is 5. The van der Waals surface area contributed by atoms with Gasteiger partial charge in [0.2, 0.25) is 17.7 Å². The predicted octanol–water partition coefficient (Wildman–Crippen LogP) is 2.55. The van der Waals surface area contributed by atoms with Gasteiger partial charge in [0, 0.05) is 57.7 Å². The zero-order chi connectivity index (χ0) is 33.4. The van der Waals surface area contributed by atoms with Crippen LogP contribution in [0.15, 0.2) is 48.5 Å². The number of nitrogens with one attached hydrogen (secondary N) is 3. The van der Waals surface area contributed by atoms with Gasteiger partial charge in [0.15, 0.2) is 0 Å². The summed E-state index contributed by atoms with van der Waals surface area (Å²) in [4.78, 5) is 44.4. The molecule has 4 atom stereocenters. The van der Waals surface area contributed by atoms with Crippen LogP contribution in [0.3, 0.4) is 0 Å². The summed E-state index contributed by atoms with van der Waals surface area (Å²) in [5, 5.41) is 30.4. The fourth-order valence-electron chi connectivity index (χ4n) is 7.42. The van der Waals surface area contributed by atoms with Crippen LogP contribution in [0.2, 0.25) is 0 Å². The summed E-state index contributed by atoms with van der Waals surface area (Å²) in [6.45, 7) is 6.53. The zero-order valence-corrected chi connectivity index (χ0v) is 27.7. The highest BCUT2D eigenvalue weighted by atomic mass is 16.5. The second-order valence-corrected chi connectivity index (χ2v) is 13.8. The summed E-state index contributed by atoms with van der Waals surface area (Å²) in [6.07, 6.45) is 2.01. The first-order valence-corrected chi connectivity index (χ1v) is 17.0. The lowest BCUT2D eigenvalue weighted by molar-refractivity contribution is -0.130. The first-order valence-electron chi connectivity index (χ1n) is 17.0. The van der Waals surface area contributed by atoms with Gasteiger partial charge in [0.1, 0.15) is 11.5 Å². The van der Waals surface area contributed by atoms with E-state index >= 15 is 0 Å². The molecule has 0 bridgehead atoms. The molecule has 1 spiro atoms. The van der Waals surface area contributed by atoms with E-state index in [0.29, 0.717) is 51.9 Å². The molecule has 0 unspecified atom stereocenters. The number of ether oxygens (including phenoxy) is 1. The Morgan fingerprint density at radius 3 is 2.45 bits per heavy atom. The molecule has 2 aromatic rings. The van der Waals surface area contributed by atoms with Crippen LogP contribution in [0, 0.1) is 11.8 Å². The largest absolute Gasteiger partial charge is 0.508 e. The van der Waals surface area contributed by atoms with Crippen molar-refractivity contribution in [3.8, 4) is 11.5 Å². The maximum absolute atomic E-state index is 13.4. The number of aliphatic hydroxyl groups excluding tert-OH is 1. The highest BCUT2D eigenvalue weighted by Gasteiger charge is 2.39. The fourth-order valence-corrected chi connectivity index (χ4v) is 7.42. The number of carbonyl (C=O) groups is 3. The summed E-state index contributed by atoms with van der Waals surface area (Å²) >= 11 is 0. The smallest absolute Gasteiger partial charge is 0.223 e. The molecule has 0 aliphatic carbocycles. The van der Waals surface area contributed by atoms with Crippen molar-refractivity contribution in [1.29, 1.82) is 0 Å². The molecular formula is C36H51N5O6. The highest BCUT2D eigenvalue weighted by Crippen LogP contribution is 2.32. The molecule has 11 nitrogen and oxygen atoms in total. The van der Waals surface area contributed by atoms with Crippen LogP contribution in [0.1, 0.15) is 63.0 Å². The summed E-state index contributed by atoms with van der Waals surface area (Å²) in [6, 6.07) is 14.8. The Kier molecular flexibility index (Phi) is 11.8. The van der Waals surface area contributed by atoms with Crippen molar-refractivity contribution < 1.29 is 29.3 Å². The normalized spacial score (nSPS) is 26.9. The number of methoxy groups -OCH3 is 1. The lowest BCUT2D eigenvalue weighted by Crippen LogP contribution is -2.58. The molecule has 2 aromatic carbocycles. The van der Waals surface area contributed by atoms with Gasteiger partial charge >= 0.3 is 0 Å². The van der Waals surface area contributed by atoms with Crippen LogP contribution in [-0.4, -0.2) is 95.3 Å². The van der Waals surface area contributed by atoms with Crippen molar-refractivity contribution >= 4 is 17.7 Å². The summed E-state index contributed by atoms with van der Waals surface area (Å²) in [7, 11) is 1.65. The van der Waals surface area contributed by atoms with Gasteiger partial charge in [-0.2, -0.15) is 0 Å². The van der Waals surface area contributed by atoms with E-state index in [4.69, 9.17) is 4.74 Å². The van der Waals surface area contributed by atoms with Crippen molar-refractivity contribution in [2.24, 2.45) is 11.8 Å². The Hall–Kier alpha value is -3.67. The second kappa shape index (κ2) is 16.0. The summed E-state index contributed by atoms with van der Waals surface area (Å²) in [5.41, 5.74) is 1.28. The van der Waals surface area contributed by atoms with E-state index in [1.807, 2.05) is 36.4 Å². The molecule has 3 heterocycles. The predicted molar refractivity (Wildman–Crippen MR) is 178 cm³/mol. The molecule has 11 heteroatoms. The van der Waals surface area contributed by atoms with Gasteiger partial charge in [0.25, 0.3) is 0 Å². The van der Waals surface area contributed by atoms with Crippen LogP contribution in [0.5, 0.6) is 11.5 Å². The molecule has 3 amide bonds. The van der Waals surface area contributed by atoms with E-state index in [9.17, 15) is 24.6 Å². The van der Waals surface area contributed by atoms with Crippen LogP contribution in [-0.2, 0) is 27.5 Å². The molecule has 3 aliphatic rings. The molecule has 3 saturated heterocycles. The Morgan fingerprint density at radius 1 is 0.894 bits per heavy atom. The van der Waals surface area contributed by atoms with E-state index in [1.165, 1.54) is 0 Å². The van der Waals surface area contributed by atoms with Crippen LogP contribution in [0.25, 0.3) is 0 Å². The van der Waals surface area contributed by atoms with Gasteiger partial charge in [-0.15, -0.1) is 0 Å². The lowest BCUT2D eigenvalue weighted by atomic mass is 9.80. The average Bonchev–Trinajstić information content (AvgIpc) is 3.04. The average molecular weight is 650 g/mol. The van der Waals surface area contributed by atoms with Gasteiger partial charge < -0.3 is 30.9 Å². The Labute approximate surface area is 278 Å². The second-order valence-electron chi connectivity index (χ2n) is 13.8. The molecule has 256 valence electrons. The van der Waals surface area contributed by atoms with Gasteiger partial charge in [-0.3, -0.25) is 24.2 Å². The van der Waals surface area contributed by atoms with E-state index in [-0.39, 0.29) is 48.1 Å². The van der Waals surface area contributed by atoms with E-state index in [1.54, 1.807) is 20.1 Å². The Bertz CT molecular complexity index is 1380. The molecular weight excluding hydrogens is 598 g/mol. The number of amides is 3. The number of carbonyl (C=O) groups excluding carboxylic acids is 3. The molecule has 5 N–H and O–H groups in total. The van der Waals surface area contributed by atoms with Crippen LogP contribution >= 0.6 is 0 Å². The van der Waals surface area contributed by atoms with Crippen molar-refractivity contribution in [3.05, 3.63) is 59.7 Å². The van der Waals surface area contributed by atoms with Crippen molar-refractivity contribution in [2.75, 3.05) is 39.8 Å². The third-order valence-electron chi connectivity index (χ3n) is 10.3. The maximum Gasteiger partial charge on any atom is 0.223 e. The van der Waals surface area contributed by atoms with Gasteiger partial charge in [-0.25, -0.2) is 0 Å². The van der Waals surface area contributed by atoms with Crippen molar-refractivity contribution in [1.82, 2.24) is 25.8 Å². The SMILES string of the molecule is COc1cccc(CN2CCC3(CC2)CC(=O)NCC[C@H]2CN(Cc4ccccc4O)CC[C@H]2CC(=O)N[C@@H](C)[C@@H](O)CC(=O)N3)c1. The minimum absolute atomic E-state index is 0.108. The van der Waals surface area contributed by atoms with Crippen LogP contribution < -0.4 is 20.7 Å². The standard InChI is InChI=1S/C36H51N5O6/c1-25-32(43)20-34(45)39-36(12-16-40(17-13-36)22-26-6-5-8-30(18-26)47-2)21-35(46)37-14-10-28-23-41(15-11-27(28)19-33(44)38-25)24-29-7-3-4-9-31(29)42/h3-9,18,25,27-28,32,42-43H,10-17,19-24H2,1-2H3,(H,37,46)(H,38,44)(H,39,45)/t25-,27-,28-,32-/m0/s1. The maximum atomic E-state index is 13.4. The highest BCUT2D eigenvalue weighted by molar-refractivity contribution is 5.81. The molecule has 0 aromatic heterocycles. The Morgan fingerprint density at radius 2 is 1.68 bits per heavy atom. The number of benzene rings is 2. The molecule has 3 aliphatic heterocycles. The number of hydrogen-bond acceptors (Lipinski definition) is 8. The summed E-state index contributed by atoms with van der Waals surface area (Å²) < 4.78 is 5.38.